The minimum atomic E-state index is 0.276. The molecule has 5 nitrogen and oxygen atoms in total. The average Bonchev–Trinajstić information content (AvgIpc) is 2.97. The summed E-state index contributed by atoms with van der Waals surface area (Å²) in [5.41, 5.74) is 4.03. The van der Waals surface area contributed by atoms with Gasteiger partial charge >= 0.3 is 0 Å². The summed E-state index contributed by atoms with van der Waals surface area (Å²) < 4.78 is 12.0. The standard InChI is InChI=1S/C32H41N3O2/c1-3-9-27(10-4-1)31(28-11-5-2-6-12-28)26-35-18-15-30(16-19-35)37-32-14-8-7-13-29(32)25-33-17-20-34-21-23-36-24-22-34/h1-14,30-31,33H,15-26H2. The van der Waals surface area contributed by atoms with Crippen molar-refractivity contribution in [1.82, 2.24) is 15.1 Å². The van der Waals surface area contributed by atoms with Crippen molar-refractivity contribution in [2.75, 3.05) is 59.0 Å². The molecule has 1 N–H and O–H groups in total. The van der Waals surface area contributed by atoms with Crippen LogP contribution in [0.1, 0.15) is 35.4 Å². The molecule has 37 heavy (non-hydrogen) atoms. The fourth-order valence-corrected chi connectivity index (χ4v) is 5.47. The summed E-state index contributed by atoms with van der Waals surface area (Å²) in [6.45, 7) is 9.87. The molecule has 5 heteroatoms. The van der Waals surface area contributed by atoms with Crippen LogP contribution >= 0.6 is 0 Å². The Labute approximate surface area is 222 Å². The van der Waals surface area contributed by atoms with Crippen LogP contribution in [-0.2, 0) is 11.3 Å². The van der Waals surface area contributed by atoms with Gasteiger partial charge in [-0.2, -0.15) is 0 Å². The average molecular weight is 500 g/mol. The van der Waals surface area contributed by atoms with Gasteiger partial charge in [-0.15, -0.1) is 0 Å². The van der Waals surface area contributed by atoms with E-state index in [1.54, 1.807) is 0 Å². The predicted molar refractivity (Wildman–Crippen MR) is 150 cm³/mol. The van der Waals surface area contributed by atoms with E-state index in [1.165, 1.54) is 16.7 Å². The maximum atomic E-state index is 6.56. The van der Waals surface area contributed by atoms with E-state index in [0.717, 1.165) is 84.2 Å². The summed E-state index contributed by atoms with van der Waals surface area (Å²) in [4.78, 5) is 5.08. The van der Waals surface area contributed by atoms with Crippen LogP contribution in [0, 0.1) is 0 Å². The van der Waals surface area contributed by atoms with Crippen LogP contribution in [0.25, 0.3) is 0 Å². The molecule has 0 saturated carbocycles. The summed E-state index contributed by atoms with van der Waals surface area (Å²) in [6.07, 6.45) is 2.40. The van der Waals surface area contributed by atoms with Crippen LogP contribution in [0.4, 0.5) is 0 Å². The Kier molecular flexibility index (Phi) is 9.62. The molecule has 2 fully saturated rings. The Morgan fingerprint density at radius 3 is 2.05 bits per heavy atom. The number of benzene rings is 3. The Hall–Kier alpha value is -2.70. The number of ether oxygens (including phenoxy) is 2. The summed E-state index contributed by atoms with van der Waals surface area (Å²) in [5.74, 6) is 1.43. The van der Waals surface area contributed by atoms with Crippen molar-refractivity contribution in [2.24, 2.45) is 0 Å². The molecule has 0 aromatic heterocycles. The molecule has 2 aliphatic heterocycles. The number of hydrogen-bond donors (Lipinski definition) is 1. The van der Waals surface area contributed by atoms with Crippen molar-refractivity contribution in [3.8, 4) is 5.75 Å². The molecule has 0 radical (unpaired) electrons. The van der Waals surface area contributed by atoms with Gasteiger partial charge in [0.15, 0.2) is 0 Å². The Balaban J connectivity index is 1.11. The van der Waals surface area contributed by atoms with E-state index >= 15 is 0 Å². The Morgan fingerprint density at radius 1 is 0.757 bits per heavy atom. The second-order valence-electron chi connectivity index (χ2n) is 10.2. The molecule has 2 heterocycles. The number of piperidine rings is 1. The van der Waals surface area contributed by atoms with Crippen LogP contribution < -0.4 is 10.1 Å². The van der Waals surface area contributed by atoms with E-state index in [2.05, 4.69) is 100 Å². The number of nitrogens with zero attached hydrogens (tertiary/aromatic N) is 2. The fourth-order valence-electron chi connectivity index (χ4n) is 5.47. The summed E-state index contributed by atoms with van der Waals surface area (Å²) in [5, 5.41) is 3.62. The Bertz CT molecular complexity index is 1010. The van der Waals surface area contributed by atoms with Crippen LogP contribution in [0.5, 0.6) is 5.75 Å². The lowest BCUT2D eigenvalue weighted by atomic mass is 9.90. The first-order valence-corrected chi connectivity index (χ1v) is 13.9. The van der Waals surface area contributed by atoms with E-state index in [-0.39, 0.29) is 6.10 Å². The van der Waals surface area contributed by atoms with Crippen molar-refractivity contribution in [3.63, 3.8) is 0 Å². The van der Waals surface area contributed by atoms with E-state index < -0.39 is 0 Å². The summed E-state index contributed by atoms with van der Waals surface area (Å²) >= 11 is 0. The van der Waals surface area contributed by atoms with Gasteiger partial charge in [0.2, 0.25) is 0 Å². The fraction of sp³-hybridized carbons (Fsp3) is 0.438. The molecule has 196 valence electrons. The number of nitrogens with one attached hydrogen (secondary N) is 1. The first-order valence-electron chi connectivity index (χ1n) is 13.9. The lowest BCUT2D eigenvalue weighted by molar-refractivity contribution is 0.0384. The molecule has 2 saturated heterocycles. The topological polar surface area (TPSA) is 37.0 Å². The highest BCUT2D eigenvalue weighted by Gasteiger charge is 2.25. The number of likely N-dealkylation sites (tertiary alicyclic amines) is 1. The first-order chi connectivity index (χ1) is 18.3. The first kappa shape index (κ1) is 25.9. The normalized spacial score (nSPS) is 17.8. The minimum Gasteiger partial charge on any atom is -0.490 e. The molecule has 3 aromatic carbocycles. The quantitative estimate of drug-likeness (QED) is 0.384. The summed E-state index contributed by atoms with van der Waals surface area (Å²) in [6, 6.07) is 30.4. The van der Waals surface area contributed by atoms with Crippen molar-refractivity contribution in [2.45, 2.75) is 31.4 Å². The maximum absolute atomic E-state index is 6.56. The largest absolute Gasteiger partial charge is 0.490 e. The van der Waals surface area contributed by atoms with Gasteiger partial charge in [0, 0.05) is 63.8 Å². The van der Waals surface area contributed by atoms with Gasteiger partial charge in [-0.1, -0.05) is 78.9 Å². The smallest absolute Gasteiger partial charge is 0.124 e. The molecule has 5 rings (SSSR count). The van der Waals surface area contributed by atoms with Gasteiger partial charge in [0.1, 0.15) is 11.9 Å². The predicted octanol–water partition coefficient (Wildman–Crippen LogP) is 4.78. The third-order valence-electron chi connectivity index (χ3n) is 7.67. The number of rotatable bonds is 11. The van der Waals surface area contributed by atoms with Gasteiger partial charge in [0.25, 0.3) is 0 Å². The van der Waals surface area contributed by atoms with E-state index in [0.29, 0.717) is 5.92 Å². The van der Waals surface area contributed by atoms with Gasteiger partial charge in [-0.05, 0) is 30.0 Å². The zero-order valence-electron chi connectivity index (χ0n) is 21.9. The van der Waals surface area contributed by atoms with E-state index in [4.69, 9.17) is 9.47 Å². The third-order valence-corrected chi connectivity index (χ3v) is 7.67. The lowest BCUT2D eigenvalue weighted by Crippen LogP contribution is -2.40. The number of para-hydroxylation sites is 1. The highest BCUT2D eigenvalue weighted by atomic mass is 16.5. The molecule has 3 aromatic rings. The van der Waals surface area contributed by atoms with Crippen LogP contribution in [0.3, 0.4) is 0 Å². The highest BCUT2D eigenvalue weighted by molar-refractivity contribution is 5.34. The minimum absolute atomic E-state index is 0.276. The van der Waals surface area contributed by atoms with Crippen molar-refractivity contribution in [1.29, 1.82) is 0 Å². The second-order valence-corrected chi connectivity index (χ2v) is 10.2. The van der Waals surface area contributed by atoms with Crippen LogP contribution in [-0.4, -0.2) is 74.9 Å². The van der Waals surface area contributed by atoms with Gasteiger partial charge in [0.05, 0.1) is 13.2 Å². The van der Waals surface area contributed by atoms with Gasteiger partial charge in [-0.25, -0.2) is 0 Å². The SMILES string of the molecule is c1ccc(C(CN2CCC(Oc3ccccc3CNCCN3CCOCC3)CC2)c2ccccc2)cc1. The second kappa shape index (κ2) is 13.7. The van der Waals surface area contributed by atoms with Crippen molar-refractivity contribution < 1.29 is 9.47 Å². The zero-order valence-corrected chi connectivity index (χ0v) is 21.9. The molecule has 0 atom stereocenters. The van der Waals surface area contributed by atoms with Crippen molar-refractivity contribution >= 4 is 0 Å². The van der Waals surface area contributed by atoms with Crippen LogP contribution in [0.2, 0.25) is 0 Å². The van der Waals surface area contributed by atoms with Crippen molar-refractivity contribution in [3.05, 3.63) is 102 Å². The highest BCUT2D eigenvalue weighted by Crippen LogP contribution is 2.28. The molecular weight excluding hydrogens is 458 g/mol. The molecule has 0 amide bonds. The van der Waals surface area contributed by atoms with E-state index in [9.17, 15) is 0 Å². The molecular formula is C32H41N3O2. The molecule has 0 bridgehead atoms. The van der Waals surface area contributed by atoms with Gasteiger partial charge < -0.3 is 19.7 Å². The number of morpholine rings is 1. The zero-order chi connectivity index (χ0) is 25.1. The van der Waals surface area contributed by atoms with Gasteiger partial charge in [-0.3, -0.25) is 4.90 Å². The molecule has 2 aliphatic rings. The third kappa shape index (κ3) is 7.65. The van der Waals surface area contributed by atoms with Crippen LogP contribution in [0.15, 0.2) is 84.9 Å². The monoisotopic (exact) mass is 499 g/mol. The molecule has 0 aliphatic carbocycles. The summed E-state index contributed by atoms with van der Waals surface area (Å²) in [7, 11) is 0. The molecule has 0 spiro atoms. The lowest BCUT2D eigenvalue weighted by Gasteiger charge is -2.35. The number of hydrogen-bond acceptors (Lipinski definition) is 5. The Morgan fingerprint density at radius 2 is 1.38 bits per heavy atom. The van der Waals surface area contributed by atoms with E-state index in [1.807, 2.05) is 0 Å². The maximum Gasteiger partial charge on any atom is 0.124 e. The molecule has 0 unspecified atom stereocenters.